The molecule has 0 saturated heterocycles. The fourth-order valence-electron chi connectivity index (χ4n) is 1.89. The summed E-state index contributed by atoms with van der Waals surface area (Å²) >= 11 is 4.96. The number of nitrogens with zero attached hydrogens (tertiary/aromatic N) is 1. The number of hydrogen-bond acceptors (Lipinski definition) is 3. The number of rotatable bonds is 1. The van der Waals surface area contributed by atoms with E-state index in [1.807, 2.05) is 19.1 Å². The topological polar surface area (TPSA) is 45.8 Å². The van der Waals surface area contributed by atoms with Gasteiger partial charge in [0, 0.05) is 9.35 Å². The van der Waals surface area contributed by atoms with Crippen LogP contribution in [-0.2, 0) is 0 Å². The number of H-pyrrole nitrogens is 1. The first-order chi connectivity index (χ1) is 8.63. The van der Waals surface area contributed by atoms with Gasteiger partial charge in [-0.15, -0.1) is 11.3 Å². The lowest BCUT2D eigenvalue weighted by molar-refractivity contribution is 1.18. The molecule has 90 valence electrons. The van der Waals surface area contributed by atoms with Gasteiger partial charge < -0.3 is 4.98 Å². The first kappa shape index (κ1) is 11.6. The number of halogens is 1. The van der Waals surface area contributed by atoms with Gasteiger partial charge in [0.25, 0.3) is 5.56 Å². The van der Waals surface area contributed by atoms with Gasteiger partial charge in [-0.3, -0.25) is 4.79 Å². The SMILES string of the molecule is Cc1cc(Br)cc(-c2cc3nc[nH]c(=O)c3s2)c1. The summed E-state index contributed by atoms with van der Waals surface area (Å²) in [5.74, 6) is 0. The van der Waals surface area contributed by atoms with Gasteiger partial charge in [0.15, 0.2) is 0 Å². The van der Waals surface area contributed by atoms with E-state index in [0.29, 0.717) is 4.70 Å². The molecule has 0 amide bonds. The number of aromatic nitrogens is 2. The van der Waals surface area contributed by atoms with Gasteiger partial charge in [0.2, 0.25) is 0 Å². The molecule has 0 fully saturated rings. The quantitative estimate of drug-likeness (QED) is 0.742. The molecule has 3 rings (SSSR count). The molecule has 18 heavy (non-hydrogen) atoms. The second kappa shape index (κ2) is 4.33. The first-order valence-electron chi connectivity index (χ1n) is 5.38. The molecule has 0 atom stereocenters. The standard InChI is InChI=1S/C13H9BrN2OS/c1-7-2-8(4-9(14)3-7)11-5-10-12(18-11)13(17)16-6-15-10/h2-6H,1H3,(H,15,16,17). The zero-order valence-corrected chi connectivity index (χ0v) is 11.9. The Labute approximate surface area is 116 Å². The molecular formula is C13H9BrN2OS. The van der Waals surface area contributed by atoms with Crippen LogP contribution in [0.15, 0.2) is 39.9 Å². The number of nitrogens with one attached hydrogen (secondary N) is 1. The number of thiophene rings is 1. The molecule has 2 heterocycles. The van der Waals surface area contributed by atoms with Crippen LogP contribution in [0.4, 0.5) is 0 Å². The maximum absolute atomic E-state index is 11.7. The lowest BCUT2D eigenvalue weighted by Crippen LogP contribution is -2.02. The Morgan fingerprint density at radius 2 is 2.11 bits per heavy atom. The lowest BCUT2D eigenvalue weighted by Gasteiger charge is -2.00. The van der Waals surface area contributed by atoms with E-state index >= 15 is 0 Å². The number of aromatic amines is 1. The van der Waals surface area contributed by atoms with E-state index in [1.54, 1.807) is 0 Å². The van der Waals surface area contributed by atoms with Crippen LogP contribution >= 0.6 is 27.3 Å². The Morgan fingerprint density at radius 3 is 2.83 bits per heavy atom. The average molecular weight is 321 g/mol. The molecule has 0 aliphatic carbocycles. The third kappa shape index (κ3) is 2.00. The van der Waals surface area contributed by atoms with E-state index < -0.39 is 0 Å². The van der Waals surface area contributed by atoms with Crippen LogP contribution in [0.3, 0.4) is 0 Å². The minimum atomic E-state index is -0.0806. The predicted molar refractivity (Wildman–Crippen MR) is 78.1 cm³/mol. The van der Waals surface area contributed by atoms with Crippen LogP contribution in [-0.4, -0.2) is 9.97 Å². The highest BCUT2D eigenvalue weighted by atomic mass is 79.9. The van der Waals surface area contributed by atoms with E-state index in [2.05, 4.69) is 38.0 Å². The van der Waals surface area contributed by atoms with E-state index in [9.17, 15) is 4.79 Å². The summed E-state index contributed by atoms with van der Waals surface area (Å²) in [5.41, 5.74) is 2.95. The fourth-order valence-corrected chi connectivity index (χ4v) is 3.49. The normalized spacial score (nSPS) is 11.0. The van der Waals surface area contributed by atoms with E-state index in [4.69, 9.17) is 0 Å². The van der Waals surface area contributed by atoms with Gasteiger partial charge in [0.05, 0.1) is 11.8 Å². The third-order valence-corrected chi connectivity index (χ3v) is 4.27. The number of benzene rings is 1. The van der Waals surface area contributed by atoms with Crippen molar-refractivity contribution in [1.29, 1.82) is 0 Å². The highest BCUT2D eigenvalue weighted by Gasteiger charge is 2.08. The second-order valence-corrected chi connectivity index (χ2v) is 6.04. The van der Waals surface area contributed by atoms with Gasteiger partial charge in [0.1, 0.15) is 4.70 Å². The summed E-state index contributed by atoms with van der Waals surface area (Å²) in [4.78, 5) is 19.5. The fraction of sp³-hybridized carbons (Fsp3) is 0.0769. The summed E-state index contributed by atoms with van der Waals surface area (Å²) in [5, 5.41) is 0. The van der Waals surface area contributed by atoms with Crippen LogP contribution in [0.5, 0.6) is 0 Å². The molecule has 5 heteroatoms. The highest BCUT2D eigenvalue weighted by molar-refractivity contribution is 9.10. The monoisotopic (exact) mass is 320 g/mol. The number of hydrogen-bond donors (Lipinski definition) is 1. The van der Waals surface area contributed by atoms with Gasteiger partial charge in [-0.1, -0.05) is 22.0 Å². The van der Waals surface area contributed by atoms with Gasteiger partial charge in [-0.05, 0) is 36.2 Å². The maximum atomic E-state index is 11.7. The third-order valence-electron chi connectivity index (χ3n) is 2.64. The van der Waals surface area contributed by atoms with Crippen molar-refractivity contribution < 1.29 is 0 Å². The van der Waals surface area contributed by atoms with Crippen molar-refractivity contribution in [3.05, 3.63) is 51.0 Å². The summed E-state index contributed by atoms with van der Waals surface area (Å²) in [6.45, 7) is 2.05. The number of fused-ring (bicyclic) bond motifs is 1. The smallest absolute Gasteiger partial charge is 0.268 e. The van der Waals surface area contributed by atoms with E-state index in [1.165, 1.54) is 23.2 Å². The minimum absolute atomic E-state index is 0.0806. The Bertz CT molecular complexity index is 771. The van der Waals surface area contributed by atoms with E-state index in [0.717, 1.165) is 20.4 Å². The van der Waals surface area contributed by atoms with Crippen LogP contribution in [0.1, 0.15) is 5.56 Å². The minimum Gasteiger partial charge on any atom is -0.312 e. The molecular weight excluding hydrogens is 312 g/mol. The summed E-state index contributed by atoms with van der Waals surface area (Å²) < 4.78 is 1.71. The zero-order chi connectivity index (χ0) is 12.7. The Balaban J connectivity index is 2.25. The molecule has 1 aromatic carbocycles. The molecule has 0 bridgehead atoms. The Morgan fingerprint density at radius 1 is 1.28 bits per heavy atom. The number of aryl methyl sites for hydroxylation is 1. The summed E-state index contributed by atoms with van der Waals surface area (Å²) in [6.07, 6.45) is 1.44. The molecule has 1 N–H and O–H groups in total. The molecule has 3 aromatic rings. The molecule has 0 radical (unpaired) electrons. The molecule has 0 aliphatic heterocycles. The van der Waals surface area contributed by atoms with Crippen LogP contribution in [0.2, 0.25) is 0 Å². The largest absolute Gasteiger partial charge is 0.312 e. The molecule has 3 nitrogen and oxygen atoms in total. The van der Waals surface area contributed by atoms with Crippen molar-refractivity contribution in [2.24, 2.45) is 0 Å². The second-order valence-electron chi connectivity index (χ2n) is 4.07. The van der Waals surface area contributed by atoms with E-state index in [-0.39, 0.29) is 5.56 Å². The first-order valence-corrected chi connectivity index (χ1v) is 6.99. The lowest BCUT2D eigenvalue weighted by atomic mass is 10.1. The van der Waals surface area contributed by atoms with Gasteiger partial charge >= 0.3 is 0 Å². The predicted octanol–water partition coefficient (Wildman–Crippen LogP) is 3.72. The van der Waals surface area contributed by atoms with Crippen LogP contribution < -0.4 is 5.56 Å². The molecule has 0 unspecified atom stereocenters. The molecule has 0 aliphatic rings. The van der Waals surface area contributed by atoms with Crippen molar-refractivity contribution in [3.8, 4) is 10.4 Å². The van der Waals surface area contributed by atoms with Crippen molar-refractivity contribution >= 4 is 37.5 Å². The average Bonchev–Trinajstić information content (AvgIpc) is 2.73. The molecule has 2 aromatic heterocycles. The van der Waals surface area contributed by atoms with Gasteiger partial charge in [-0.25, -0.2) is 4.98 Å². The highest BCUT2D eigenvalue weighted by Crippen LogP contribution is 2.32. The Kier molecular flexibility index (Phi) is 2.80. The van der Waals surface area contributed by atoms with Gasteiger partial charge in [-0.2, -0.15) is 0 Å². The van der Waals surface area contributed by atoms with Crippen molar-refractivity contribution in [2.75, 3.05) is 0 Å². The van der Waals surface area contributed by atoms with Crippen LogP contribution in [0.25, 0.3) is 20.7 Å². The van der Waals surface area contributed by atoms with Crippen LogP contribution in [0, 0.1) is 6.92 Å². The van der Waals surface area contributed by atoms with Crippen molar-refractivity contribution in [3.63, 3.8) is 0 Å². The molecule has 0 saturated carbocycles. The summed E-state index contributed by atoms with van der Waals surface area (Å²) in [6, 6.07) is 8.16. The molecule has 0 spiro atoms. The van der Waals surface area contributed by atoms with Crippen molar-refractivity contribution in [1.82, 2.24) is 9.97 Å². The zero-order valence-electron chi connectivity index (χ0n) is 9.53. The summed E-state index contributed by atoms with van der Waals surface area (Å²) in [7, 11) is 0. The maximum Gasteiger partial charge on any atom is 0.268 e. The van der Waals surface area contributed by atoms with Crippen molar-refractivity contribution in [2.45, 2.75) is 6.92 Å². The Hall–Kier alpha value is -1.46.